The Hall–Kier alpha value is -2.60. The fraction of sp³-hybridized carbons (Fsp3) is 0.167. The molecule has 6 heteroatoms. The third-order valence-corrected chi connectivity index (χ3v) is 5.70. The Morgan fingerprint density at radius 1 is 1.00 bits per heavy atom. The second-order valence-electron chi connectivity index (χ2n) is 5.74. The maximum absolute atomic E-state index is 13.0. The molecule has 0 unspecified atom stereocenters. The molecule has 0 fully saturated rings. The average Bonchev–Trinajstić information content (AvgIpc) is 2.95. The maximum Gasteiger partial charge on any atom is 0.241 e. The molecule has 0 aliphatic rings. The number of para-hydroxylation sites is 1. The first-order valence-electron chi connectivity index (χ1n) is 7.49. The van der Waals surface area contributed by atoms with Crippen LogP contribution in [0.4, 0.5) is 0 Å². The molecule has 0 spiro atoms. The van der Waals surface area contributed by atoms with E-state index in [1.165, 1.54) is 4.90 Å². The van der Waals surface area contributed by atoms with Crippen LogP contribution in [0.3, 0.4) is 0 Å². The minimum absolute atomic E-state index is 0.0951. The molecule has 1 heterocycles. The van der Waals surface area contributed by atoms with Crippen LogP contribution in [0.2, 0.25) is 0 Å². The van der Waals surface area contributed by atoms with Crippen LogP contribution in [-0.2, 0) is 21.2 Å². The van der Waals surface area contributed by atoms with Gasteiger partial charge in [-0.3, -0.25) is 4.79 Å². The van der Waals surface area contributed by atoms with Gasteiger partial charge in [0.05, 0.1) is 9.79 Å². The third kappa shape index (κ3) is 2.80. The zero-order chi connectivity index (χ0) is 17.3. The molecule has 0 saturated heterocycles. The lowest BCUT2D eigenvalue weighted by Gasteiger charge is -2.11. The highest BCUT2D eigenvalue weighted by Gasteiger charge is 2.23. The summed E-state index contributed by atoms with van der Waals surface area (Å²) in [5.74, 6) is -0.0978. The molecule has 124 valence electrons. The molecule has 3 rings (SSSR count). The van der Waals surface area contributed by atoms with Gasteiger partial charge in [0.25, 0.3) is 0 Å². The molecule has 0 saturated carbocycles. The SMILES string of the molecule is CN(C)C(=O)Cn1cc(S(=O)(=O)c2ccccc2)c2ccccc21. The molecule has 0 radical (unpaired) electrons. The van der Waals surface area contributed by atoms with E-state index in [-0.39, 0.29) is 22.2 Å². The van der Waals surface area contributed by atoms with Crippen LogP contribution in [0.5, 0.6) is 0 Å². The highest BCUT2D eigenvalue weighted by Crippen LogP contribution is 2.30. The number of rotatable bonds is 4. The standard InChI is InChI=1S/C18H18N2O3S/c1-19(2)18(21)13-20-12-17(15-10-6-7-11-16(15)20)24(22,23)14-8-4-3-5-9-14/h3-12H,13H2,1-2H3. The molecule has 1 aromatic heterocycles. The van der Waals surface area contributed by atoms with Gasteiger partial charge in [-0.25, -0.2) is 8.42 Å². The lowest BCUT2D eigenvalue weighted by molar-refractivity contribution is -0.129. The number of carbonyl (C=O) groups excluding carboxylic acids is 1. The quantitative estimate of drug-likeness (QED) is 0.732. The van der Waals surface area contributed by atoms with E-state index in [1.807, 2.05) is 12.1 Å². The van der Waals surface area contributed by atoms with Crippen molar-refractivity contribution in [3.8, 4) is 0 Å². The number of benzene rings is 2. The topological polar surface area (TPSA) is 59.4 Å². The third-order valence-electron chi connectivity index (χ3n) is 3.90. The Morgan fingerprint density at radius 2 is 1.62 bits per heavy atom. The van der Waals surface area contributed by atoms with Crippen LogP contribution in [-0.4, -0.2) is 37.9 Å². The van der Waals surface area contributed by atoms with Gasteiger partial charge in [-0.1, -0.05) is 36.4 Å². The van der Waals surface area contributed by atoms with Crippen molar-refractivity contribution in [1.82, 2.24) is 9.47 Å². The predicted molar refractivity (Wildman–Crippen MR) is 92.5 cm³/mol. The maximum atomic E-state index is 13.0. The van der Waals surface area contributed by atoms with Crippen molar-refractivity contribution in [3.05, 3.63) is 60.8 Å². The molecule has 24 heavy (non-hydrogen) atoms. The van der Waals surface area contributed by atoms with Crippen LogP contribution in [0.15, 0.2) is 70.6 Å². The molecule has 0 N–H and O–H groups in total. The van der Waals surface area contributed by atoms with Crippen molar-refractivity contribution in [2.45, 2.75) is 16.3 Å². The fourth-order valence-corrected chi connectivity index (χ4v) is 4.07. The van der Waals surface area contributed by atoms with Gasteiger partial charge in [0.2, 0.25) is 15.7 Å². The smallest absolute Gasteiger partial charge is 0.241 e. The average molecular weight is 342 g/mol. The molecule has 1 amide bonds. The largest absolute Gasteiger partial charge is 0.347 e. The minimum atomic E-state index is -3.65. The highest BCUT2D eigenvalue weighted by molar-refractivity contribution is 7.91. The molecule has 2 aromatic carbocycles. The second kappa shape index (κ2) is 6.13. The van der Waals surface area contributed by atoms with E-state index in [1.54, 1.807) is 67.3 Å². The van der Waals surface area contributed by atoms with Crippen molar-refractivity contribution in [2.24, 2.45) is 0 Å². The summed E-state index contributed by atoms with van der Waals surface area (Å²) in [6.45, 7) is 0.0951. The molecule has 3 aromatic rings. The van der Waals surface area contributed by atoms with E-state index in [0.717, 1.165) is 5.52 Å². The number of hydrogen-bond donors (Lipinski definition) is 0. The van der Waals surface area contributed by atoms with Gasteiger partial charge in [-0.05, 0) is 18.2 Å². The summed E-state index contributed by atoms with van der Waals surface area (Å²) in [4.78, 5) is 14.0. The molecular formula is C18H18N2O3S. The van der Waals surface area contributed by atoms with Gasteiger partial charge in [-0.2, -0.15) is 0 Å². The highest BCUT2D eigenvalue weighted by atomic mass is 32.2. The van der Waals surface area contributed by atoms with E-state index in [9.17, 15) is 13.2 Å². The Labute approximate surface area is 141 Å². The van der Waals surface area contributed by atoms with E-state index < -0.39 is 9.84 Å². The van der Waals surface area contributed by atoms with E-state index in [4.69, 9.17) is 0 Å². The summed E-state index contributed by atoms with van der Waals surface area (Å²) in [5.41, 5.74) is 0.724. The predicted octanol–water partition coefficient (Wildman–Crippen LogP) is 2.56. The van der Waals surface area contributed by atoms with Crippen molar-refractivity contribution >= 4 is 26.6 Å². The summed E-state index contributed by atoms with van der Waals surface area (Å²) >= 11 is 0. The Morgan fingerprint density at radius 3 is 2.29 bits per heavy atom. The Kier molecular flexibility index (Phi) is 4.15. The molecule has 0 atom stereocenters. The number of likely N-dealkylation sites (N-methyl/N-ethyl adjacent to an activating group) is 1. The van der Waals surface area contributed by atoms with E-state index >= 15 is 0 Å². The van der Waals surface area contributed by atoms with Gasteiger partial charge in [0.1, 0.15) is 6.54 Å². The van der Waals surface area contributed by atoms with E-state index in [0.29, 0.717) is 5.39 Å². The van der Waals surface area contributed by atoms with Gasteiger partial charge in [-0.15, -0.1) is 0 Å². The molecule has 0 aliphatic carbocycles. The lowest BCUT2D eigenvalue weighted by atomic mass is 10.2. The van der Waals surface area contributed by atoms with Gasteiger partial charge < -0.3 is 9.47 Å². The van der Waals surface area contributed by atoms with Crippen LogP contribution in [0.1, 0.15) is 0 Å². The van der Waals surface area contributed by atoms with Crippen LogP contribution >= 0.6 is 0 Å². The van der Waals surface area contributed by atoms with Crippen LogP contribution < -0.4 is 0 Å². The number of sulfone groups is 1. The Balaban J connectivity index is 2.18. The minimum Gasteiger partial charge on any atom is -0.347 e. The van der Waals surface area contributed by atoms with Crippen molar-refractivity contribution < 1.29 is 13.2 Å². The van der Waals surface area contributed by atoms with Crippen molar-refractivity contribution in [3.63, 3.8) is 0 Å². The molecule has 0 bridgehead atoms. The monoisotopic (exact) mass is 342 g/mol. The van der Waals surface area contributed by atoms with Crippen molar-refractivity contribution in [1.29, 1.82) is 0 Å². The lowest BCUT2D eigenvalue weighted by Crippen LogP contribution is -2.25. The Bertz CT molecular complexity index is 990. The zero-order valence-corrected chi connectivity index (χ0v) is 14.3. The van der Waals surface area contributed by atoms with Gasteiger partial charge in [0, 0.05) is 31.2 Å². The first kappa shape index (κ1) is 16.3. The molecule has 5 nitrogen and oxygen atoms in total. The first-order valence-corrected chi connectivity index (χ1v) is 8.98. The summed E-state index contributed by atoms with van der Waals surface area (Å²) in [5, 5.41) is 0.618. The van der Waals surface area contributed by atoms with Crippen molar-refractivity contribution in [2.75, 3.05) is 14.1 Å². The summed E-state index contributed by atoms with van der Waals surface area (Å²) < 4.78 is 27.6. The number of fused-ring (bicyclic) bond motifs is 1. The van der Waals surface area contributed by atoms with Gasteiger partial charge in [0.15, 0.2) is 0 Å². The number of carbonyl (C=O) groups is 1. The zero-order valence-electron chi connectivity index (χ0n) is 13.5. The van der Waals surface area contributed by atoms with Gasteiger partial charge >= 0.3 is 0 Å². The summed E-state index contributed by atoms with van der Waals surface area (Å²) in [7, 11) is -0.294. The summed E-state index contributed by atoms with van der Waals surface area (Å²) in [6, 6.07) is 15.5. The van der Waals surface area contributed by atoms with Crippen LogP contribution in [0, 0.1) is 0 Å². The van der Waals surface area contributed by atoms with E-state index in [2.05, 4.69) is 0 Å². The normalized spacial score (nSPS) is 11.6. The number of aromatic nitrogens is 1. The van der Waals surface area contributed by atoms with Crippen LogP contribution in [0.25, 0.3) is 10.9 Å². The number of amides is 1. The second-order valence-corrected chi connectivity index (χ2v) is 7.66. The number of nitrogens with zero attached hydrogens (tertiary/aromatic N) is 2. The molecular weight excluding hydrogens is 324 g/mol. The number of hydrogen-bond acceptors (Lipinski definition) is 3. The first-order chi connectivity index (χ1) is 11.4. The molecule has 0 aliphatic heterocycles. The summed E-state index contributed by atoms with van der Waals surface area (Å²) in [6.07, 6.45) is 1.55. The fourth-order valence-electron chi connectivity index (χ4n) is 2.57.